The number of nitrogens with one attached hydrogen (secondary N) is 1. The van der Waals surface area contributed by atoms with Crippen molar-refractivity contribution in [3.63, 3.8) is 0 Å². The van der Waals surface area contributed by atoms with E-state index in [1.165, 1.54) is 11.3 Å². The maximum absolute atomic E-state index is 4.43. The van der Waals surface area contributed by atoms with E-state index in [9.17, 15) is 0 Å². The zero-order chi connectivity index (χ0) is 15.4. The molecule has 21 heavy (non-hydrogen) atoms. The topological polar surface area (TPSA) is 46.0 Å². The Morgan fingerprint density at radius 3 is 2.71 bits per heavy atom. The van der Waals surface area contributed by atoms with E-state index in [1.54, 1.807) is 0 Å². The Morgan fingerprint density at radius 2 is 2.10 bits per heavy atom. The van der Waals surface area contributed by atoms with Crippen LogP contribution in [0.2, 0.25) is 0 Å². The van der Waals surface area contributed by atoms with Gasteiger partial charge in [0.1, 0.15) is 5.82 Å². The minimum Gasteiger partial charge on any atom is -0.367 e. The van der Waals surface area contributed by atoms with E-state index in [-0.39, 0.29) is 0 Å². The normalized spacial score (nSPS) is 11.1. The Morgan fingerprint density at radius 1 is 1.33 bits per heavy atom. The van der Waals surface area contributed by atoms with Crippen LogP contribution in [0.15, 0.2) is 24.7 Å². The van der Waals surface area contributed by atoms with Crippen LogP contribution < -0.4 is 10.2 Å². The molecule has 5 heteroatoms. The SMILES string of the molecule is Cc1cc(N(C)Cc2nccn2C)c(CNC(C)C)cn1. The summed E-state index contributed by atoms with van der Waals surface area (Å²) in [6, 6.07) is 2.60. The Kier molecular flexibility index (Phi) is 4.96. The quantitative estimate of drug-likeness (QED) is 0.885. The standard InChI is InChI=1S/C16H25N5/c1-12(2)18-9-14-10-19-13(3)8-15(14)21(5)11-16-17-6-7-20(16)4/h6-8,10,12,18H,9,11H2,1-5H3. The fourth-order valence-corrected chi connectivity index (χ4v) is 2.23. The first kappa shape index (κ1) is 15.5. The van der Waals surface area contributed by atoms with Crippen LogP contribution in [0.4, 0.5) is 5.69 Å². The van der Waals surface area contributed by atoms with Crippen molar-refractivity contribution in [1.82, 2.24) is 19.9 Å². The van der Waals surface area contributed by atoms with Crippen molar-refractivity contribution in [3.8, 4) is 0 Å². The smallest absolute Gasteiger partial charge is 0.127 e. The van der Waals surface area contributed by atoms with Crippen LogP contribution >= 0.6 is 0 Å². The van der Waals surface area contributed by atoms with Crippen LogP contribution in [0.25, 0.3) is 0 Å². The molecule has 0 fully saturated rings. The molecule has 0 aromatic carbocycles. The molecule has 114 valence electrons. The zero-order valence-electron chi connectivity index (χ0n) is 13.6. The molecule has 1 N–H and O–H groups in total. The van der Waals surface area contributed by atoms with E-state index in [0.717, 1.165) is 24.6 Å². The third-order valence-corrected chi connectivity index (χ3v) is 3.51. The third kappa shape index (κ3) is 4.04. The van der Waals surface area contributed by atoms with Gasteiger partial charge in [0, 0.05) is 62.2 Å². The molecule has 0 aliphatic carbocycles. The molecule has 0 saturated heterocycles. The largest absolute Gasteiger partial charge is 0.367 e. The first-order valence-electron chi connectivity index (χ1n) is 7.33. The number of aromatic nitrogens is 3. The minimum atomic E-state index is 0.457. The van der Waals surface area contributed by atoms with Gasteiger partial charge in [-0.05, 0) is 13.0 Å². The lowest BCUT2D eigenvalue weighted by molar-refractivity contribution is 0.587. The van der Waals surface area contributed by atoms with E-state index < -0.39 is 0 Å². The molecule has 0 saturated carbocycles. The Bertz CT molecular complexity index is 588. The van der Waals surface area contributed by atoms with E-state index >= 15 is 0 Å². The summed E-state index contributed by atoms with van der Waals surface area (Å²) in [4.78, 5) is 11.1. The molecule has 2 rings (SSSR count). The number of hydrogen-bond donors (Lipinski definition) is 1. The van der Waals surface area contributed by atoms with Crippen LogP contribution in [0.1, 0.15) is 30.9 Å². The summed E-state index contributed by atoms with van der Waals surface area (Å²) in [6.07, 6.45) is 5.78. The van der Waals surface area contributed by atoms with E-state index in [2.05, 4.69) is 51.7 Å². The highest BCUT2D eigenvalue weighted by molar-refractivity contribution is 5.53. The number of nitrogens with zero attached hydrogens (tertiary/aromatic N) is 4. The van der Waals surface area contributed by atoms with Crippen LogP contribution in [-0.4, -0.2) is 27.6 Å². The molecule has 2 aromatic rings. The number of pyridine rings is 1. The van der Waals surface area contributed by atoms with Crippen LogP contribution in [0, 0.1) is 6.92 Å². The summed E-state index contributed by atoms with van der Waals surface area (Å²) in [5.41, 5.74) is 3.45. The molecule has 2 aromatic heterocycles. The van der Waals surface area contributed by atoms with Gasteiger partial charge in [-0.3, -0.25) is 4.98 Å². The molecule has 0 atom stereocenters. The molecule has 0 spiro atoms. The minimum absolute atomic E-state index is 0.457. The van der Waals surface area contributed by atoms with Gasteiger partial charge in [0.05, 0.1) is 6.54 Å². The second kappa shape index (κ2) is 6.72. The van der Waals surface area contributed by atoms with Gasteiger partial charge in [0.15, 0.2) is 0 Å². The maximum Gasteiger partial charge on any atom is 0.127 e. The lowest BCUT2D eigenvalue weighted by atomic mass is 10.1. The van der Waals surface area contributed by atoms with Crippen molar-refractivity contribution in [2.75, 3.05) is 11.9 Å². The molecule has 0 aliphatic heterocycles. The van der Waals surface area contributed by atoms with Crippen LogP contribution in [-0.2, 0) is 20.1 Å². The average molecular weight is 287 g/mol. The molecule has 0 radical (unpaired) electrons. The van der Waals surface area contributed by atoms with E-state index in [1.807, 2.05) is 32.6 Å². The summed E-state index contributed by atoms with van der Waals surface area (Å²) in [5.74, 6) is 1.05. The van der Waals surface area contributed by atoms with Gasteiger partial charge in [0.2, 0.25) is 0 Å². The molecule has 0 bridgehead atoms. The molecular weight excluding hydrogens is 262 g/mol. The van der Waals surface area contributed by atoms with Gasteiger partial charge in [0.25, 0.3) is 0 Å². The van der Waals surface area contributed by atoms with Crippen LogP contribution in [0.5, 0.6) is 0 Å². The molecule has 2 heterocycles. The number of hydrogen-bond acceptors (Lipinski definition) is 4. The Labute approximate surface area is 127 Å². The third-order valence-electron chi connectivity index (χ3n) is 3.51. The van der Waals surface area contributed by atoms with Crippen molar-refractivity contribution < 1.29 is 0 Å². The first-order valence-corrected chi connectivity index (χ1v) is 7.33. The monoisotopic (exact) mass is 287 g/mol. The predicted octanol–water partition coefficient (Wildman–Crippen LogP) is 2.26. The molecule has 5 nitrogen and oxygen atoms in total. The van der Waals surface area contributed by atoms with Gasteiger partial charge in [-0.1, -0.05) is 13.8 Å². The summed E-state index contributed by atoms with van der Waals surface area (Å²) >= 11 is 0. The lowest BCUT2D eigenvalue weighted by Crippen LogP contribution is -2.25. The summed E-state index contributed by atoms with van der Waals surface area (Å²) in [7, 11) is 4.12. The lowest BCUT2D eigenvalue weighted by Gasteiger charge is -2.23. The predicted molar refractivity (Wildman–Crippen MR) is 86.3 cm³/mol. The average Bonchev–Trinajstić information content (AvgIpc) is 2.82. The van der Waals surface area contributed by atoms with Crippen molar-refractivity contribution in [1.29, 1.82) is 0 Å². The fourth-order valence-electron chi connectivity index (χ4n) is 2.23. The Balaban J connectivity index is 2.20. The molecule has 0 amide bonds. The van der Waals surface area contributed by atoms with Crippen molar-refractivity contribution in [2.45, 2.75) is 39.9 Å². The van der Waals surface area contributed by atoms with Crippen molar-refractivity contribution >= 4 is 5.69 Å². The number of aryl methyl sites for hydroxylation is 2. The van der Waals surface area contributed by atoms with Gasteiger partial charge >= 0.3 is 0 Å². The molecule has 0 unspecified atom stereocenters. The second-order valence-electron chi connectivity index (χ2n) is 5.80. The van der Waals surface area contributed by atoms with E-state index in [4.69, 9.17) is 0 Å². The van der Waals surface area contributed by atoms with Gasteiger partial charge in [-0.2, -0.15) is 0 Å². The van der Waals surface area contributed by atoms with Gasteiger partial charge in [-0.25, -0.2) is 4.98 Å². The number of anilines is 1. The summed E-state index contributed by atoms with van der Waals surface area (Å²) in [5, 5.41) is 3.46. The van der Waals surface area contributed by atoms with Gasteiger partial charge < -0.3 is 14.8 Å². The van der Waals surface area contributed by atoms with Crippen LogP contribution in [0.3, 0.4) is 0 Å². The summed E-state index contributed by atoms with van der Waals surface area (Å²) in [6.45, 7) is 7.93. The molecular formula is C16H25N5. The van der Waals surface area contributed by atoms with E-state index in [0.29, 0.717) is 6.04 Å². The number of imidazole rings is 1. The zero-order valence-corrected chi connectivity index (χ0v) is 13.6. The van der Waals surface area contributed by atoms with Crippen molar-refractivity contribution in [3.05, 3.63) is 41.7 Å². The maximum atomic E-state index is 4.43. The fraction of sp³-hybridized carbons (Fsp3) is 0.500. The number of rotatable bonds is 6. The second-order valence-corrected chi connectivity index (χ2v) is 5.80. The highest BCUT2D eigenvalue weighted by Crippen LogP contribution is 2.21. The summed E-state index contributed by atoms with van der Waals surface area (Å²) < 4.78 is 2.05. The molecule has 0 aliphatic rings. The van der Waals surface area contributed by atoms with Crippen molar-refractivity contribution in [2.24, 2.45) is 7.05 Å². The highest BCUT2D eigenvalue weighted by atomic mass is 15.2. The van der Waals surface area contributed by atoms with Gasteiger partial charge in [-0.15, -0.1) is 0 Å². The first-order chi connectivity index (χ1) is 9.97. The highest BCUT2D eigenvalue weighted by Gasteiger charge is 2.11. The Hall–Kier alpha value is -1.88.